The fraction of sp³-hybridized carbons (Fsp3) is 0.0625. The van der Waals surface area contributed by atoms with E-state index >= 15 is 0 Å². The molecule has 1 aromatic carbocycles. The van der Waals surface area contributed by atoms with Crippen LogP contribution in [0, 0.1) is 5.82 Å². The van der Waals surface area contributed by atoms with Crippen LogP contribution < -0.4 is 11.1 Å². The summed E-state index contributed by atoms with van der Waals surface area (Å²) in [6.45, 7) is 4.13. The Labute approximate surface area is 121 Å². The van der Waals surface area contributed by atoms with Gasteiger partial charge in [0, 0.05) is 46.7 Å². The molecule has 3 rings (SSSR count). The van der Waals surface area contributed by atoms with Gasteiger partial charge in [0.05, 0.1) is 0 Å². The van der Waals surface area contributed by atoms with Gasteiger partial charge in [-0.1, -0.05) is 6.58 Å². The quantitative estimate of drug-likeness (QED) is 0.688. The first-order valence-electron chi connectivity index (χ1n) is 6.55. The molecule has 0 unspecified atom stereocenters. The molecule has 0 saturated carbocycles. The van der Waals surface area contributed by atoms with E-state index in [1.165, 1.54) is 12.1 Å². The Morgan fingerprint density at radius 3 is 2.90 bits per heavy atom. The molecule has 0 aliphatic rings. The largest absolute Gasteiger partial charge is 0.360 e. The topological polar surface area (TPSA) is 66.7 Å². The number of nitrogens with two attached hydrogens (primary N) is 1. The van der Waals surface area contributed by atoms with E-state index in [0.717, 1.165) is 22.0 Å². The molecule has 2 heterocycles. The second kappa shape index (κ2) is 5.38. The molecular weight excluding hydrogens is 267 g/mol. The number of fused-ring (bicyclic) bond motifs is 1. The van der Waals surface area contributed by atoms with Crippen LogP contribution in [0.25, 0.3) is 22.0 Å². The van der Waals surface area contributed by atoms with E-state index in [2.05, 4.69) is 21.9 Å². The van der Waals surface area contributed by atoms with Crippen LogP contribution in [0.5, 0.6) is 0 Å². The number of hydrogen-bond donors (Lipinski definition) is 3. The van der Waals surface area contributed by atoms with Gasteiger partial charge in [0.1, 0.15) is 11.6 Å². The van der Waals surface area contributed by atoms with Gasteiger partial charge in [-0.2, -0.15) is 0 Å². The summed E-state index contributed by atoms with van der Waals surface area (Å²) in [6.07, 6.45) is 3.62. The van der Waals surface area contributed by atoms with Gasteiger partial charge in [0.15, 0.2) is 0 Å². The van der Waals surface area contributed by atoms with Crippen molar-refractivity contribution in [2.24, 2.45) is 5.73 Å². The molecule has 4 nitrogen and oxygen atoms in total. The number of nitrogens with one attached hydrogen (secondary N) is 2. The minimum Gasteiger partial charge on any atom is -0.360 e. The zero-order valence-corrected chi connectivity index (χ0v) is 11.4. The van der Waals surface area contributed by atoms with Gasteiger partial charge >= 0.3 is 0 Å². The fourth-order valence-corrected chi connectivity index (χ4v) is 2.20. The predicted molar refractivity (Wildman–Crippen MR) is 83.3 cm³/mol. The average Bonchev–Trinajstić information content (AvgIpc) is 2.90. The third-order valence-corrected chi connectivity index (χ3v) is 3.27. The van der Waals surface area contributed by atoms with Gasteiger partial charge in [0.2, 0.25) is 0 Å². The van der Waals surface area contributed by atoms with Crippen LogP contribution >= 0.6 is 0 Å². The van der Waals surface area contributed by atoms with E-state index < -0.39 is 0 Å². The number of nitrogens with zero attached hydrogens (tertiary/aromatic N) is 1. The molecule has 21 heavy (non-hydrogen) atoms. The monoisotopic (exact) mass is 282 g/mol. The van der Waals surface area contributed by atoms with Gasteiger partial charge in [0.25, 0.3) is 0 Å². The van der Waals surface area contributed by atoms with E-state index in [9.17, 15) is 4.39 Å². The van der Waals surface area contributed by atoms with Crippen molar-refractivity contribution < 1.29 is 4.39 Å². The summed E-state index contributed by atoms with van der Waals surface area (Å²) in [5, 5.41) is 3.98. The third kappa shape index (κ3) is 2.64. The second-order valence-corrected chi connectivity index (χ2v) is 4.76. The summed E-state index contributed by atoms with van der Waals surface area (Å²) in [5.74, 6) is 0.439. The summed E-state index contributed by atoms with van der Waals surface area (Å²) in [5.41, 5.74) is 8.89. The molecule has 0 fully saturated rings. The highest BCUT2D eigenvalue weighted by Gasteiger charge is 2.07. The van der Waals surface area contributed by atoms with E-state index in [4.69, 9.17) is 5.73 Å². The van der Waals surface area contributed by atoms with Crippen LogP contribution in [0.15, 0.2) is 55.0 Å². The Kier molecular flexibility index (Phi) is 3.41. The SMILES string of the molecule is C=C(CN)Nc1ccc(-c2c[nH]c3cc(F)ccc23)cn1. The van der Waals surface area contributed by atoms with Crippen molar-refractivity contribution in [3.05, 3.63) is 60.8 Å². The highest BCUT2D eigenvalue weighted by molar-refractivity contribution is 5.95. The highest BCUT2D eigenvalue weighted by Crippen LogP contribution is 2.29. The number of H-pyrrole nitrogens is 1. The second-order valence-electron chi connectivity index (χ2n) is 4.76. The lowest BCUT2D eigenvalue weighted by Crippen LogP contribution is -2.10. The molecule has 0 aliphatic carbocycles. The first-order valence-corrected chi connectivity index (χ1v) is 6.55. The lowest BCUT2D eigenvalue weighted by Gasteiger charge is -2.07. The average molecular weight is 282 g/mol. The maximum absolute atomic E-state index is 13.2. The van der Waals surface area contributed by atoms with Crippen LogP contribution in [0.1, 0.15) is 0 Å². The molecule has 0 saturated heterocycles. The first kappa shape index (κ1) is 13.3. The van der Waals surface area contributed by atoms with Crippen molar-refractivity contribution in [1.82, 2.24) is 9.97 Å². The van der Waals surface area contributed by atoms with Crippen molar-refractivity contribution in [2.75, 3.05) is 11.9 Å². The Bertz CT molecular complexity index is 790. The van der Waals surface area contributed by atoms with E-state index in [1.807, 2.05) is 18.3 Å². The molecule has 0 bridgehead atoms. The molecule has 106 valence electrons. The molecular formula is C16H15FN4. The van der Waals surface area contributed by atoms with E-state index in [-0.39, 0.29) is 5.82 Å². The van der Waals surface area contributed by atoms with E-state index in [0.29, 0.717) is 18.1 Å². The molecule has 5 heteroatoms. The normalized spacial score (nSPS) is 10.8. The molecule has 0 aliphatic heterocycles. The number of pyridine rings is 1. The molecule has 2 aromatic heterocycles. The van der Waals surface area contributed by atoms with Crippen LogP contribution in [-0.2, 0) is 0 Å². The maximum atomic E-state index is 13.2. The number of aromatic nitrogens is 2. The summed E-state index contributed by atoms with van der Waals surface area (Å²) >= 11 is 0. The number of benzene rings is 1. The number of anilines is 1. The Morgan fingerprint density at radius 1 is 1.33 bits per heavy atom. The first-order chi connectivity index (χ1) is 10.2. The van der Waals surface area contributed by atoms with Gasteiger partial charge in [-0.15, -0.1) is 0 Å². The third-order valence-electron chi connectivity index (χ3n) is 3.27. The Balaban J connectivity index is 1.94. The zero-order chi connectivity index (χ0) is 14.8. The van der Waals surface area contributed by atoms with Crippen LogP contribution in [-0.4, -0.2) is 16.5 Å². The number of halogens is 1. The van der Waals surface area contributed by atoms with Crippen molar-refractivity contribution in [1.29, 1.82) is 0 Å². The maximum Gasteiger partial charge on any atom is 0.130 e. The number of aromatic amines is 1. The van der Waals surface area contributed by atoms with Gasteiger partial charge in [-0.25, -0.2) is 9.37 Å². The Morgan fingerprint density at radius 2 is 2.19 bits per heavy atom. The summed E-state index contributed by atoms with van der Waals surface area (Å²) in [6, 6.07) is 8.50. The van der Waals surface area contributed by atoms with Crippen molar-refractivity contribution >= 4 is 16.7 Å². The standard InChI is InChI=1S/C16H15FN4/c1-10(7-18)21-16-5-2-11(8-20-16)14-9-19-15-6-12(17)3-4-13(14)15/h2-6,8-9,19H,1,7,18H2,(H,20,21). The van der Waals surface area contributed by atoms with Gasteiger partial charge in [-0.3, -0.25) is 0 Å². The fourth-order valence-electron chi connectivity index (χ4n) is 2.20. The predicted octanol–water partition coefficient (Wildman–Crippen LogP) is 3.25. The number of rotatable bonds is 4. The smallest absolute Gasteiger partial charge is 0.130 e. The van der Waals surface area contributed by atoms with Gasteiger partial charge < -0.3 is 16.0 Å². The summed E-state index contributed by atoms with van der Waals surface area (Å²) in [4.78, 5) is 7.40. The Hall–Kier alpha value is -2.66. The van der Waals surface area contributed by atoms with Crippen molar-refractivity contribution in [2.45, 2.75) is 0 Å². The molecule has 0 spiro atoms. The lowest BCUT2D eigenvalue weighted by atomic mass is 10.1. The molecule has 0 radical (unpaired) electrons. The van der Waals surface area contributed by atoms with Crippen molar-refractivity contribution in [3.8, 4) is 11.1 Å². The lowest BCUT2D eigenvalue weighted by molar-refractivity contribution is 0.629. The minimum atomic E-state index is -0.256. The summed E-state index contributed by atoms with van der Waals surface area (Å²) in [7, 11) is 0. The van der Waals surface area contributed by atoms with Crippen LogP contribution in [0.2, 0.25) is 0 Å². The van der Waals surface area contributed by atoms with E-state index in [1.54, 1.807) is 12.3 Å². The minimum absolute atomic E-state index is 0.256. The number of hydrogen-bond acceptors (Lipinski definition) is 3. The molecule has 0 amide bonds. The van der Waals surface area contributed by atoms with Crippen molar-refractivity contribution in [3.63, 3.8) is 0 Å². The van der Waals surface area contributed by atoms with Crippen LogP contribution in [0.3, 0.4) is 0 Å². The van der Waals surface area contributed by atoms with Crippen LogP contribution in [0.4, 0.5) is 10.2 Å². The molecule has 3 aromatic rings. The molecule has 4 N–H and O–H groups in total. The van der Waals surface area contributed by atoms with Gasteiger partial charge in [-0.05, 0) is 30.3 Å². The zero-order valence-electron chi connectivity index (χ0n) is 11.4. The summed E-state index contributed by atoms with van der Waals surface area (Å²) < 4.78 is 13.2. The molecule has 0 atom stereocenters. The highest BCUT2D eigenvalue weighted by atomic mass is 19.1.